The second-order valence-corrected chi connectivity index (χ2v) is 5.52. The van der Waals surface area contributed by atoms with E-state index in [0.29, 0.717) is 6.07 Å². The van der Waals surface area contributed by atoms with E-state index >= 15 is 0 Å². The molecule has 2 heterocycles. The maximum atomic E-state index is 12.7. The third-order valence-corrected chi connectivity index (χ3v) is 2.90. The maximum Gasteiger partial charge on any atom is 0.433 e. The molecule has 2 aromatic heterocycles. The van der Waals surface area contributed by atoms with Gasteiger partial charge in [-0.2, -0.15) is 23.3 Å². The summed E-state index contributed by atoms with van der Waals surface area (Å²) in [4.78, 5) is 6.58. The fraction of sp³-hybridized carbons (Fsp3) is 0.222. The van der Waals surface area contributed by atoms with Gasteiger partial charge in [0, 0.05) is 24.7 Å². The number of aromatic nitrogens is 4. The quantitative estimate of drug-likeness (QED) is 0.774. The average Bonchev–Trinajstić information content (AvgIpc) is 2.79. The van der Waals surface area contributed by atoms with Crippen LogP contribution in [0, 0.1) is 0 Å². The van der Waals surface area contributed by atoms with E-state index < -0.39 is 26.9 Å². The van der Waals surface area contributed by atoms with Crippen LogP contribution in [0.15, 0.2) is 29.7 Å². The van der Waals surface area contributed by atoms with E-state index in [9.17, 15) is 21.6 Å². The number of hydrogen-bond acceptors (Lipinski definition) is 5. The molecule has 0 aromatic carbocycles. The molecule has 0 atom stereocenters. The molecule has 2 rings (SSSR count). The van der Waals surface area contributed by atoms with Crippen molar-refractivity contribution in [2.45, 2.75) is 11.3 Å². The van der Waals surface area contributed by atoms with Gasteiger partial charge >= 0.3 is 6.18 Å². The van der Waals surface area contributed by atoms with Crippen LogP contribution in [0.1, 0.15) is 5.69 Å². The Labute approximate surface area is 105 Å². The third-order valence-electron chi connectivity index (χ3n) is 2.05. The van der Waals surface area contributed by atoms with Crippen molar-refractivity contribution in [3.05, 3.63) is 30.2 Å². The minimum absolute atomic E-state index is 0.271. The van der Waals surface area contributed by atoms with E-state index in [1.807, 2.05) is 0 Å². The number of rotatable bonds is 2. The maximum absolute atomic E-state index is 12.7. The van der Waals surface area contributed by atoms with Gasteiger partial charge in [0.15, 0.2) is 11.5 Å². The van der Waals surface area contributed by atoms with Crippen molar-refractivity contribution >= 4 is 9.84 Å². The first-order chi connectivity index (χ1) is 8.68. The zero-order chi connectivity index (χ0) is 14.3. The van der Waals surface area contributed by atoms with Crippen LogP contribution in [0.5, 0.6) is 0 Å². The van der Waals surface area contributed by atoms with E-state index in [4.69, 9.17) is 0 Å². The van der Waals surface area contributed by atoms with Crippen LogP contribution < -0.4 is 0 Å². The van der Waals surface area contributed by atoms with Crippen LogP contribution in [-0.2, 0) is 16.0 Å². The zero-order valence-electron chi connectivity index (χ0n) is 9.46. The number of halogens is 3. The molecular weight excluding hydrogens is 285 g/mol. The number of alkyl halides is 3. The molecule has 0 aliphatic carbocycles. The Morgan fingerprint density at radius 2 is 1.95 bits per heavy atom. The standard InChI is InChI=1S/C9H7F3N4O2S/c1-19(17,18)8-14-6(9(10,11)12)5-7(15-8)16-4-2-3-13-16/h2-5H,1H3. The number of sulfone groups is 1. The van der Waals surface area contributed by atoms with Crippen LogP contribution in [0.4, 0.5) is 13.2 Å². The number of hydrogen-bond donors (Lipinski definition) is 0. The number of nitrogens with zero attached hydrogens (tertiary/aromatic N) is 4. The summed E-state index contributed by atoms with van der Waals surface area (Å²) < 4.78 is 61.6. The largest absolute Gasteiger partial charge is 0.433 e. The summed E-state index contributed by atoms with van der Waals surface area (Å²) in [6.45, 7) is 0. The van der Waals surface area contributed by atoms with Crippen molar-refractivity contribution in [2.24, 2.45) is 0 Å². The summed E-state index contributed by atoms with van der Waals surface area (Å²) in [7, 11) is -3.96. The van der Waals surface area contributed by atoms with Gasteiger partial charge in [-0.15, -0.1) is 0 Å². The van der Waals surface area contributed by atoms with Gasteiger partial charge in [0.1, 0.15) is 0 Å². The summed E-state index contributed by atoms with van der Waals surface area (Å²) in [5.74, 6) is -0.271. The molecule has 0 aliphatic rings. The predicted octanol–water partition coefficient (Wildman–Crippen LogP) is 1.08. The first-order valence-electron chi connectivity index (χ1n) is 4.84. The minimum Gasteiger partial charge on any atom is -0.223 e. The molecule has 19 heavy (non-hydrogen) atoms. The normalized spacial score (nSPS) is 12.6. The summed E-state index contributed by atoms with van der Waals surface area (Å²) >= 11 is 0. The highest BCUT2D eigenvalue weighted by Crippen LogP contribution is 2.29. The monoisotopic (exact) mass is 292 g/mol. The summed E-state index contributed by atoms with van der Waals surface area (Å²) in [5, 5.41) is 2.80. The zero-order valence-corrected chi connectivity index (χ0v) is 10.3. The van der Waals surface area contributed by atoms with Crippen LogP contribution >= 0.6 is 0 Å². The van der Waals surface area contributed by atoms with E-state index in [1.165, 1.54) is 18.5 Å². The van der Waals surface area contributed by atoms with Crippen molar-refractivity contribution in [1.29, 1.82) is 0 Å². The highest BCUT2D eigenvalue weighted by molar-refractivity contribution is 7.90. The molecule has 10 heteroatoms. The Morgan fingerprint density at radius 3 is 2.42 bits per heavy atom. The van der Waals surface area contributed by atoms with Gasteiger partial charge in [-0.3, -0.25) is 0 Å². The van der Waals surface area contributed by atoms with Crippen molar-refractivity contribution in [2.75, 3.05) is 6.26 Å². The summed E-state index contributed by atoms with van der Waals surface area (Å²) in [6.07, 6.45) is -1.37. The molecule has 6 nitrogen and oxygen atoms in total. The third kappa shape index (κ3) is 2.89. The lowest BCUT2D eigenvalue weighted by molar-refractivity contribution is -0.141. The Morgan fingerprint density at radius 1 is 1.26 bits per heavy atom. The highest BCUT2D eigenvalue weighted by atomic mass is 32.2. The van der Waals surface area contributed by atoms with E-state index in [1.54, 1.807) is 0 Å². The Hall–Kier alpha value is -1.97. The van der Waals surface area contributed by atoms with Crippen molar-refractivity contribution in [3.63, 3.8) is 0 Å². The first-order valence-corrected chi connectivity index (χ1v) is 6.73. The van der Waals surface area contributed by atoms with Crippen molar-refractivity contribution < 1.29 is 21.6 Å². The molecule has 0 saturated heterocycles. The molecule has 0 radical (unpaired) electrons. The SMILES string of the molecule is CS(=O)(=O)c1nc(-n2cccn2)cc(C(F)(F)F)n1. The lowest BCUT2D eigenvalue weighted by Crippen LogP contribution is -2.15. The highest BCUT2D eigenvalue weighted by Gasteiger charge is 2.35. The molecule has 0 spiro atoms. The second-order valence-electron chi connectivity index (χ2n) is 3.61. The van der Waals surface area contributed by atoms with Crippen molar-refractivity contribution in [1.82, 2.24) is 19.7 Å². The molecule has 2 aromatic rings. The molecule has 0 bridgehead atoms. The van der Waals surface area contributed by atoms with E-state index in [-0.39, 0.29) is 5.82 Å². The van der Waals surface area contributed by atoms with Gasteiger partial charge in [0.2, 0.25) is 15.0 Å². The average molecular weight is 292 g/mol. The summed E-state index contributed by atoms with van der Waals surface area (Å²) in [5.41, 5.74) is -1.34. The van der Waals surface area contributed by atoms with Gasteiger partial charge in [0.25, 0.3) is 0 Å². The van der Waals surface area contributed by atoms with Gasteiger partial charge in [-0.1, -0.05) is 0 Å². The molecule has 0 amide bonds. The van der Waals surface area contributed by atoms with E-state index in [0.717, 1.165) is 10.9 Å². The Bertz CT molecular complexity index is 695. The van der Waals surface area contributed by atoms with Crippen LogP contribution in [-0.4, -0.2) is 34.4 Å². The molecule has 0 unspecified atom stereocenters. The second kappa shape index (κ2) is 4.30. The lowest BCUT2D eigenvalue weighted by Gasteiger charge is -2.09. The Kier molecular flexibility index (Phi) is 3.04. The van der Waals surface area contributed by atoms with Crippen molar-refractivity contribution in [3.8, 4) is 5.82 Å². The topological polar surface area (TPSA) is 77.7 Å². The molecular formula is C9H7F3N4O2S. The van der Waals surface area contributed by atoms with Gasteiger partial charge < -0.3 is 0 Å². The summed E-state index contributed by atoms with van der Waals surface area (Å²) in [6, 6.07) is 2.09. The van der Waals surface area contributed by atoms with Crippen LogP contribution in [0.2, 0.25) is 0 Å². The smallest absolute Gasteiger partial charge is 0.223 e. The lowest BCUT2D eigenvalue weighted by atomic mass is 10.4. The predicted molar refractivity (Wildman–Crippen MR) is 57.3 cm³/mol. The van der Waals surface area contributed by atoms with E-state index in [2.05, 4.69) is 15.1 Å². The first kappa shape index (κ1) is 13.5. The van der Waals surface area contributed by atoms with Crippen LogP contribution in [0.3, 0.4) is 0 Å². The fourth-order valence-corrected chi connectivity index (χ4v) is 1.77. The van der Waals surface area contributed by atoms with Gasteiger partial charge in [0.05, 0.1) is 0 Å². The van der Waals surface area contributed by atoms with Crippen LogP contribution in [0.25, 0.3) is 5.82 Å². The Balaban J connectivity index is 2.69. The van der Waals surface area contributed by atoms with Gasteiger partial charge in [-0.05, 0) is 6.07 Å². The van der Waals surface area contributed by atoms with Gasteiger partial charge in [-0.25, -0.2) is 18.1 Å². The fourth-order valence-electron chi connectivity index (χ4n) is 1.25. The molecule has 102 valence electrons. The molecule has 0 N–H and O–H groups in total. The minimum atomic E-state index is -4.77. The molecule has 0 fully saturated rings. The molecule has 0 aliphatic heterocycles. The molecule has 0 saturated carbocycles.